The van der Waals surface area contributed by atoms with E-state index in [4.69, 9.17) is 5.73 Å². The average molecular weight is 321 g/mol. The molecule has 122 valence electrons. The van der Waals surface area contributed by atoms with Crippen molar-refractivity contribution in [2.24, 2.45) is 11.1 Å². The summed E-state index contributed by atoms with van der Waals surface area (Å²) in [7, 11) is 0. The van der Waals surface area contributed by atoms with Crippen LogP contribution in [0.15, 0.2) is 16.8 Å². The van der Waals surface area contributed by atoms with Crippen LogP contribution in [0.25, 0.3) is 0 Å². The van der Waals surface area contributed by atoms with Crippen molar-refractivity contribution < 1.29 is 4.79 Å². The Kier molecular flexibility index (Phi) is 4.85. The molecule has 2 atom stereocenters. The maximum absolute atomic E-state index is 12.9. The Morgan fingerprint density at radius 1 is 1.55 bits per heavy atom. The van der Waals surface area contributed by atoms with Gasteiger partial charge in [0.25, 0.3) is 0 Å². The second kappa shape index (κ2) is 6.69. The third-order valence-corrected chi connectivity index (χ3v) is 5.99. The predicted molar refractivity (Wildman–Crippen MR) is 90.7 cm³/mol. The highest BCUT2D eigenvalue weighted by Crippen LogP contribution is 2.56. The molecule has 2 heterocycles. The standard InChI is InChI=1S/C17H27N3OS/c1-2-3-14(18)16(21)20(11-13-4-9-22-12-13)15-10-17(15)5-7-19-8-6-17/h4,9,12,14-15,19H,2-3,5-8,10-11,18H2,1H3. The van der Waals surface area contributed by atoms with Gasteiger partial charge in [0.2, 0.25) is 5.91 Å². The van der Waals surface area contributed by atoms with Gasteiger partial charge in [0.1, 0.15) is 0 Å². The lowest BCUT2D eigenvalue weighted by molar-refractivity contribution is -0.134. The molecule has 1 saturated carbocycles. The summed E-state index contributed by atoms with van der Waals surface area (Å²) in [5.74, 6) is 0.147. The van der Waals surface area contributed by atoms with Gasteiger partial charge in [-0.25, -0.2) is 0 Å². The molecule has 0 aromatic carbocycles. The van der Waals surface area contributed by atoms with E-state index in [1.165, 1.54) is 18.4 Å². The van der Waals surface area contributed by atoms with Crippen LogP contribution in [-0.2, 0) is 11.3 Å². The molecule has 2 fully saturated rings. The van der Waals surface area contributed by atoms with E-state index in [0.717, 1.165) is 38.9 Å². The molecule has 5 heteroatoms. The Labute approximate surface area is 137 Å². The van der Waals surface area contributed by atoms with Gasteiger partial charge in [-0.05, 0) is 66.6 Å². The van der Waals surface area contributed by atoms with E-state index in [9.17, 15) is 4.79 Å². The quantitative estimate of drug-likeness (QED) is 0.845. The van der Waals surface area contributed by atoms with Gasteiger partial charge in [-0.1, -0.05) is 13.3 Å². The number of carbonyl (C=O) groups is 1. The van der Waals surface area contributed by atoms with Crippen LogP contribution in [0.3, 0.4) is 0 Å². The third kappa shape index (κ3) is 3.21. The average Bonchev–Trinajstić information content (AvgIpc) is 2.97. The molecule has 1 aliphatic carbocycles. The molecular weight excluding hydrogens is 294 g/mol. The van der Waals surface area contributed by atoms with E-state index in [1.807, 2.05) is 0 Å². The first-order valence-electron chi connectivity index (χ1n) is 8.44. The van der Waals surface area contributed by atoms with Gasteiger partial charge < -0.3 is 16.0 Å². The molecule has 1 aromatic heterocycles. The molecular formula is C17H27N3OS. The van der Waals surface area contributed by atoms with Crippen molar-refractivity contribution in [1.29, 1.82) is 0 Å². The van der Waals surface area contributed by atoms with E-state index in [-0.39, 0.29) is 11.9 Å². The van der Waals surface area contributed by atoms with Crippen molar-refractivity contribution in [3.63, 3.8) is 0 Å². The summed E-state index contributed by atoms with van der Waals surface area (Å²) in [4.78, 5) is 14.9. The zero-order valence-corrected chi connectivity index (χ0v) is 14.2. The largest absolute Gasteiger partial charge is 0.333 e. The van der Waals surface area contributed by atoms with Crippen LogP contribution in [0.2, 0.25) is 0 Å². The zero-order valence-electron chi connectivity index (χ0n) is 13.4. The highest BCUT2D eigenvalue weighted by Gasteiger charge is 2.57. The first-order valence-corrected chi connectivity index (χ1v) is 9.38. The summed E-state index contributed by atoms with van der Waals surface area (Å²) in [6, 6.07) is 2.17. The van der Waals surface area contributed by atoms with Crippen molar-refractivity contribution in [2.75, 3.05) is 13.1 Å². The van der Waals surface area contributed by atoms with Gasteiger partial charge >= 0.3 is 0 Å². The Balaban J connectivity index is 1.73. The lowest BCUT2D eigenvalue weighted by Crippen LogP contribution is -2.46. The monoisotopic (exact) mass is 321 g/mol. The minimum atomic E-state index is -0.344. The fourth-order valence-electron chi connectivity index (χ4n) is 3.80. The normalized spacial score (nSPS) is 24.2. The number of thiophene rings is 1. The van der Waals surface area contributed by atoms with Crippen LogP contribution >= 0.6 is 11.3 Å². The first kappa shape index (κ1) is 16.0. The molecule has 1 aliphatic heterocycles. The summed E-state index contributed by atoms with van der Waals surface area (Å²) in [6.07, 6.45) is 5.27. The van der Waals surface area contributed by atoms with Crippen LogP contribution in [-0.4, -0.2) is 36.0 Å². The number of piperidine rings is 1. The lowest BCUT2D eigenvalue weighted by Gasteiger charge is -2.31. The maximum Gasteiger partial charge on any atom is 0.240 e. The van der Waals surface area contributed by atoms with Crippen LogP contribution in [0.4, 0.5) is 0 Å². The molecule has 1 aromatic rings. The minimum absolute atomic E-state index is 0.147. The van der Waals surface area contributed by atoms with E-state index >= 15 is 0 Å². The second-order valence-corrected chi connectivity index (χ2v) is 7.61. The summed E-state index contributed by atoms with van der Waals surface area (Å²) >= 11 is 1.69. The minimum Gasteiger partial charge on any atom is -0.333 e. The van der Waals surface area contributed by atoms with Gasteiger partial charge in [-0.2, -0.15) is 11.3 Å². The highest BCUT2D eigenvalue weighted by molar-refractivity contribution is 7.07. The van der Waals surface area contributed by atoms with Crippen molar-refractivity contribution >= 4 is 17.2 Å². The van der Waals surface area contributed by atoms with Gasteiger partial charge in [0.05, 0.1) is 6.04 Å². The zero-order chi connectivity index (χ0) is 15.6. The second-order valence-electron chi connectivity index (χ2n) is 6.83. The summed E-state index contributed by atoms with van der Waals surface area (Å²) in [5.41, 5.74) is 7.74. The smallest absolute Gasteiger partial charge is 0.240 e. The van der Waals surface area contributed by atoms with Gasteiger partial charge in [0, 0.05) is 12.6 Å². The highest BCUT2D eigenvalue weighted by atomic mass is 32.1. The van der Waals surface area contributed by atoms with Gasteiger partial charge in [0.15, 0.2) is 0 Å². The number of nitrogens with two attached hydrogens (primary N) is 1. The Morgan fingerprint density at radius 3 is 2.95 bits per heavy atom. The van der Waals surface area contributed by atoms with Crippen LogP contribution in [0.1, 0.15) is 44.6 Å². The van der Waals surface area contributed by atoms with Gasteiger partial charge in [-0.3, -0.25) is 4.79 Å². The molecule has 22 heavy (non-hydrogen) atoms. The fraction of sp³-hybridized carbons (Fsp3) is 0.706. The topological polar surface area (TPSA) is 58.4 Å². The Bertz CT molecular complexity index is 496. The number of carbonyl (C=O) groups excluding carboxylic acids is 1. The predicted octanol–water partition coefficient (Wildman–Crippen LogP) is 2.35. The summed E-state index contributed by atoms with van der Waals surface area (Å²) < 4.78 is 0. The summed E-state index contributed by atoms with van der Waals surface area (Å²) in [5, 5.41) is 7.65. The molecule has 1 amide bonds. The lowest BCUT2D eigenvalue weighted by atomic mass is 9.93. The summed E-state index contributed by atoms with van der Waals surface area (Å²) in [6.45, 7) is 4.97. The SMILES string of the molecule is CCCC(N)C(=O)N(Cc1ccsc1)C1CC12CCNCC2. The van der Waals surface area contributed by atoms with Crippen LogP contribution in [0.5, 0.6) is 0 Å². The van der Waals surface area contributed by atoms with E-state index in [0.29, 0.717) is 11.5 Å². The molecule has 2 aliphatic rings. The molecule has 0 bridgehead atoms. The Hall–Kier alpha value is -0.910. The first-order chi connectivity index (χ1) is 10.7. The third-order valence-electron chi connectivity index (χ3n) is 5.26. The van der Waals surface area contributed by atoms with Crippen molar-refractivity contribution in [3.8, 4) is 0 Å². The van der Waals surface area contributed by atoms with E-state index < -0.39 is 0 Å². The maximum atomic E-state index is 12.9. The van der Waals surface area contributed by atoms with Gasteiger partial charge in [-0.15, -0.1) is 0 Å². The molecule has 3 rings (SSSR count). The van der Waals surface area contributed by atoms with E-state index in [1.54, 1.807) is 11.3 Å². The van der Waals surface area contributed by atoms with Crippen LogP contribution in [0, 0.1) is 5.41 Å². The van der Waals surface area contributed by atoms with Crippen LogP contribution < -0.4 is 11.1 Å². The molecule has 0 radical (unpaired) electrons. The molecule has 1 spiro atoms. The molecule has 2 unspecified atom stereocenters. The van der Waals surface area contributed by atoms with Crippen molar-refractivity contribution in [2.45, 2.75) is 57.7 Å². The number of amides is 1. The number of hydrogen-bond acceptors (Lipinski definition) is 4. The number of nitrogens with one attached hydrogen (secondary N) is 1. The fourth-order valence-corrected chi connectivity index (χ4v) is 4.46. The molecule has 1 saturated heterocycles. The number of hydrogen-bond donors (Lipinski definition) is 2. The van der Waals surface area contributed by atoms with Crippen molar-refractivity contribution in [3.05, 3.63) is 22.4 Å². The van der Waals surface area contributed by atoms with Crippen molar-refractivity contribution in [1.82, 2.24) is 10.2 Å². The van der Waals surface area contributed by atoms with E-state index in [2.05, 4.69) is 34.0 Å². The number of nitrogens with zero attached hydrogens (tertiary/aromatic N) is 1. The molecule has 3 N–H and O–H groups in total. The Morgan fingerprint density at radius 2 is 2.32 bits per heavy atom. The number of rotatable bonds is 6. The molecule has 4 nitrogen and oxygen atoms in total.